The molecule has 2 N–H and O–H groups in total. The van der Waals surface area contributed by atoms with Gasteiger partial charge >= 0.3 is 0 Å². The molecule has 0 amide bonds. The number of nitrogens with one attached hydrogen (secondary N) is 1. The molecular weight excluding hydrogens is 106 g/mol. The van der Waals surface area contributed by atoms with E-state index in [1.165, 1.54) is 6.26 Å². The van der Waals surface area contributed by atoms with Gasteiger partial charge in [-0.15, -0.1) is 5.48 Å². The fourth-order valence-electron chi connectivity index (χ4n) is 0.402. The van der Waals surface area contributed by atoms with E-state index < -0.39 is 6.23 Å². The van der Waals surface area contributed by atoms with E-state index in [0.29, 0.717) is 0 Å². The molecule has 0 saturated carbocycles. The van der Waals surface area contributed by atoms with Crippen molar-refractivity contribution in [2.75, 3.05) is 0 Å². The Morgan fingerprint density at radius 3 is 3.25 bits per heavy atom. The number of aliphatic hydroxyl groups excluding tert-OH is 1. The van der Waals surface area contributed by atoms with Gasteiger partial charge in [0, 0.05) is 0 Å². The van der Waals surface area contributed by atoms with Gasteiger partial charge in [-0.2, -0.15) is 0 Å². The number of rotatable bonds is 0. The summed E-state index contributed by atoms with van der Waals surface area (Å²) in [6.45, 7) is 0. The van der Waals surface area contributed by atoms with Crippen LogP contribution in [-0.4, -0.2) is 11.3 Å². The van der Waals surface area contributed by atoms with E-state index in [2.05, 4.69) is 10.3 Å². The topological polar surface area (TPSA) is 41.5 Å². The molecule has 1 aliphatic heterocycles. The molecule has 1 unspecified atom stereocenters. The number of aliphatic hydroxyl groups is 1. The van der Waals surface area contributed by atoms with Crippen LogP contribution in [-0.2, 0) is 4.84 Å². The van der Waals surface area contributed by atoms with E-state index >= 15 is 0 Å². The van der Waals surface area contributed by atoms with Crippen molar-refractivity contribution < 1.29 is 9.94 Å². The predicted molar refractivity (Wildman–Crippen MR) is 28.5 cm³/mol. The first-order chi connectivity index (χ1) is 3.89. The van der Waals surface area contributed by atoms with Gasteiger partial charge in [-0.25, -0.2) is 0 Å². The molecule has 3 heteroatoms. The van der Waals surface area contributed by atoms with Crippen molar-refractivity contribution in [1.82, 2.24) is 5.48 Å². The quantitative estimate of drug-likeness (QED) is 0.461. The average Bonchev–Trinajstić information content (AvgIpc) is 1.94. The summed E-state index contributed by atoms with van der Waals surface area (Å²) in [7, 11) is 0. The minimum atomic E-state index is -0.690. The molecule has 0 aromatic rings. The van der Waals surface area contributed by atoms with Gasteiger partial charge in [0.15, 0.2) is 6.23 Å². The lowest BCUT2D eigenvalue weighted by molar-refractivity contribution is 0.0203. The molecule has 0 spiro atoms. The Labute approximate surface area is 47.2 Å². The van der Waals surface area contributed by atoms with Gasteiger partial charge in [0.1, 0.15) is 6.26 Å². The maximum Gasteiger partial charge on any atom is 0.156 e. The standard InChI is InChI=1S/C5H7NO2/c7-5-3-1-2-4-8-6-5/h1-7H. The van der Waals surface area contributed by atoms with E-state index in [1.807, 2.05) is 0 Å². The van der Waals surface area contributed by atoms with E-state index in [0.717, 1.165) is 0 Å². The van der Waals surface area contributed by atoms with Crippen molar-refractivity contribution in [3.63, 3.8) is 0 Å². The first-order valence-electron chi connectivity index (χ1n) is 2.32. The maximum absolute atomic E-state index is 8.73. The van der Waals surface area contributed by atoms with Gasteiger partial charge in [0.25, 0.3) is 0 Å². The zero-order valence-electron chi connectivity index (χ0n) is 4.24. The van der Waals surface area contributed by atoms with Crippen LogP contribution in [0.25, 0.3) is 0 Å². The van der Waals surface area contributed by atoms with Crippen molar-refractivity contribution in [2.24, 2.45) is 0 Å². The number of hydrogen-bond donors (Lipinski definition) is 2. The van der Waals surface area contributed by atoms with E-state index in [9.17, 15) is 0 Å². The summed E-state index contributed by atoms with van der Waals surface area (Å²) in [4.78, 5) is 4.56. The highest BCUT2D eigenvalue weighted by Gasteiger charge is 1.95. The van der Waals surface area contributed by atoms with Crippen LogP contribution in [0.2, 0.25) is 0 Å². The Kier molecular flexibility index (Phi) is 1.66. The van der Waals surface area contributed by atoms with E-state index in [1.54, 1.807) is 18.2 Å². The summed E-state index contributed by atoms with van der Waals surface area (Å²) in [5.74, 6) is 0. The SMILES string of the molecule is OC1C=CC=CON1. The minimum absolute atomic E-state index is 0.690. The number of allylic oxidation sites excluding steroid dienone is 2. The second-order valence-corrected chi connectivity index (χ2v) is 1.39. The molecule has 3 nitrogen and oxygen atoms in total. The van der Waals surface area contributed by atoms with Gasteiger partial charge in [-0.05, 0) is 12.2 Å². The second-order valence-electron chi connectivity index (χ2n) is 1.39. The Balaban J connectivity index is 2.46. The largest absolute Gasteiger partial charge is 0.414 e. The monoisotopic (exact) mass is 113 g/mol. The summed E-state index contributed by atoms with van der Waals surface area (Å²) in [5.41, 5.74) is 2.33. The maximum atomic E-state index is 8.73. The zero-order valence-corrected chi connectivity index (χ0v) is 4.24. The molecular formula is C5H7NO2. The molecule has 44 valence electrons. The molecule has 0 bridgehead atoms. The van der Waals surface area contributed by atoms with Gasteiger partial charge < -0.3 is 9.94 Å². The number of hydrogen-bond acceptors (Lipinski definition) is 3. The molecule has 0 saturated heterocycles. The van der Waals surface area contributed by atoms with Crippen LogP contribution < -0.4 is 5.48 Å². The Morgan fingerprint density at radius 1 is 1.50 bits per heavy atom. The van der Waals surface area contributed by atoms with E-state index in [-0.39, 0.29) is 0 Å². The molecule has 1 heterocycles. The fourth-order valence-corrected chi connectivity index (χ4v) is 0.402. The van der Waals surface area contributed by atoms with Gasteiger partial charge in [0.2, 0.25) is 0 Å². The number of hydroxylamine groups is 1. The lowest BCUT2D eigenvalue weighted by atomic mass is 10.4. The summed E-state index contributed by atoms with van der Waals surface area (Å²) in [6, 6.07) is 0. The Morgan fingerprint density at radius 2 is 2.38 bits per heavy atom. The molecule has 0 aromatic heterocycles. The smallest absolute Gasteiger partial charge is 0.156 e. The zero-order chi connectivity index (χ0) is 5.82. The molecule has 0 fully saturated rings. The molecule has 0 aliphatic carbocycles. The predicted octanol–water partition coefficient (Wildman–Crippen LogP) is -0.0905. The third-order valence-electron chi connectivity index (χ3n) is 0.740. The van der Waals surface area contributed by atoms with Crippen molar-refractivity contribution in [1.29, 1.82) is 0 Å². The third kappa shape index (κ3) is 1.36. The van der Waals surface area contributed by atoms with Crippen LogP contribution in [0.1, 0.15) is 0 Å². The molecule has 1 atom stereocenters. The highest BCUT2D eigenvalue weighted by Crippen LogP contribution is 1.88. The minimum Gasteiger partial charge on any atom is -0.414 e. The van der Waals surface area contributed by atoms with Crippen molar-refractivity contribution in [2.45, 2.75) is 6.23 Å². The first-order valence-corrected chi connectivity index (χ1v) is 2.32. The van der Waals surface area contributed by atoms with Gasteiger partial charge in [-0.1, -0.05) is 6.08 Å². The highest BCUT2D eigenvalue weighted by atomic mass is 16.7. The Bertz CT molecular complexity index is 120. The third-order valence-corrected chi connectivity index (χ3v) is 0.740. The summed E-state index contributed by atoms with van der Waals surface area (Å²) < 4.78 is 0. The van der Waals surface area contributed by atoms with Crippen LogP contribution in [0.15, 0.2) is 24.5 Å². The molecule has 1 rings (SSSR count). The molecule has 1 aliphatic rings. The van der Waals surface area contributed by atoms with Gasteiger partial charge in [0.05, 0.1) is 0 Å². The first kappa shape index (κ1) is 5.34. The van der Waals surface area contributed by atoms with Gasteiger partial charge in [-0.3, -0.25) is 0 Å². The lowest BCUT2D eigenvalue weighted by Crippen LogP contribution is -2.23. The normalized spacial score (nSPS) is 26.9. The van der Waals surface area contributed by atoms with Crippen molar-refractivity contribution in [3.05, 3.63) is 24.5 Å². The van der Waals surface area contributed by atoms with Crippen molar-refractivity contribution >= 4 is 0 Å². The van der Waals surface area contributed by atoms with Crippen LogP contribution in [0.3, 0.4) is 0 Å². The second kappa shape index (κ2) is 2.49. The highest BCUT2D eigenvalue weighted by molar-refractivity contribution is 5.03. The lowest BCUT2D eigenvalue weighted by Gasteiger charge is -2.02. The van der Waals surface area contributed by atoms with Crippen LogP contribution >= 0.6 is 0 Å². The molecule has 0 aromatic carbocycles. The Hall–Kier alpha value is -0.800. The average molecular weight is 113 g/mol. The van der Waals surface area contributed by atoms with Crippen LogP contribution in [0.4, 0.5) is 0 Å². The van der Waals surface area contributed by atoms with Crippen LogP contribution in [0.5, 0.6) is 0 Å². The van der Waals surface area contributed by atoms with Crippen molar-refractivity contribution in [3.8, 4) is 0 Å². The van der Waals surface area contributed by atoms with Crippen LogP contribution in [0, 0.1) is 0 Å². The fraction of sp³-hybridized carbons (Fsp3) is 0.200. The molecule has 8 heavy (non-hydrogen) atoms. The summed E-state index contributed by atoms with van der Waals surface area (Å²) in [6.07, 6.45) is 5.72. The van der Waals surface area contributed by atoms with E-state index in [4.69, 9.17) is 5.11 Å². The summed E-state index contributed by atoms with van der Waals surface area (Å²) in [5, 5.41) is 8.73. The summed E-state index contributed by atoms with van der Waals surface area (Å²) >= 11 is 0. The molecule has 0 radical (unpaired) electrons.